The zero-order chi connectivity index (χ0) is 26.1. The van der Waals surface area contributed by atoms with E-state index in [0.29, 0.717) is 5.92 Å². The van der Waals surface area contributed by atoms with Crippen LogP contribution in [0, 0.1) is 12.8 Å². The van der Waals surface area contributed by atoms with Crippen LogP contribution in [0.2, 0.25) is 18.1 Å². The van der Waals surface area contributed by atoms with Crippen molar-refractivity contribution in [3.8, 4) is 0 Å². The number of aromatic nitrogens is 1. The van der Waals surface area contributed by atoms with Crippen LogP contribution >= 0.6 is 22.9 Å². The molecule has 4 nitrogen and oxygen atoms in total. The molecule has 0 radical (unpaired) electrons. The van der Waals surface area contributed by atoms with Gasteiger partial charge in [-0.05, 0) is 88.9 Å². The van der Waals surface area contributed by atoms with Crippen LogP contribution in [0.25, 0.3) is 6.08 Å². The van der Waals surface area contributed by atoms with Crippen LogP contribution in [0.4, 0.5) is 0 Å². The second kappa shape index (κ2) is 14.4. The van der Waals surface area contributed by atoms with Crippen molar-refractivity contribution in [2.45, 2.75) is 117 Å². The molecule has 1 aliphatic heterocycles. The molecule has 2 heterocycles. The zero-order valence-corrected chi connectivity index (χ0v) is 25.9. The minimum Gasteiger partial charge on any atom is -0.409 e. The second-order valence-electron chi connectivity index (χ2n) is 11.6. The summed E-state index contributed by atoms with van der Waals surface area (Å²) in [5.41, 5.74) is 2.31. The molecule has 0 N–H and O–H groups in total. The van der Waals surface area contributed by atoms with Crippen molar-refractivity contribution in [2.24, 2.45) is 5.92 Å². The van der Waals surface area contributed by atoms with Gasteiger partial charge in [0.1, 0.15) is 0 Å². The smallest absolute Gasteiger partial charge is 0.192 e. The first kappa shape index (κ1) is 30.7. The molecule has 0 aliphatic carbocycles. The van der Waals surface area contributed by atoms with E-state index in [2.05, 4.69) is 58.8 Å². The van der Waals surface area contributed by atoms with E-state index in [9.17, 15) is 0 Å². The summed E-state index contributed by atoms with van der Waals surface area (Å²) in [6.07, 6.45) is 11.8. The minimum atomic E-state index is -1.98. The Hall–Kier alpha value is -0.503. The highest BCUT2D eigenvalue weighted by Gasteiger charge is 2.39. The largest absolute Gasteiger partial charge is 0.409 e. The first-order valence-corrected chi connectivity index (χ1v) is 17.4. The van der Waals surface area contributed by atoms with Crippen molar-refractivity contribution < 1.29 is 13.9 Å². The van der Waals surface area contributed by atoms with E-state index in [-0.39, 0.29) is 17.4 Å². The molecular weight excluding hydrogens is 494 g/mol. The quantitative estimate of drug-likeness (QED) is 0.184. The molecule has 7 heteroatoms. The van der Waals surface area contributed by atoms with Gasteiger partial charge in [0.2, 0.25) is 0 Å². The van der Waals surface area contributed by atoms with Gasteiger partial charge in [0, 0.05) is 17.0 Å². The second-order valence-corrected chi connectivity index (χ2v) is 17.9. The van der Waals surface area contributed by atoms with Crippen molar-refractivity contribution in [3.63, 3.8) is 0 Å². The third-order valence-electron chi connectivity index (χ3n) is 7.13. The van der Waals surface area contributed by atoms with Gasteiger partial charge in [0.15, 0.2) is 14.6 Å². The molecule has 1 aromatic heterocycles. The molecular formula is C28H48ClNO3SSi. The fourth-order valence-corrected chi connectivity index (χ4v) is 5.95. The van der Waals surface area contributed by atoms with E-state index < -0.39 is 8.32 Å². The van der Waals surface area contributed by atoms with E-state index in [0.717, 1.165) is 67.5 Å². The average molecular weight is 542 g/mol. The average Bonchev–Trinajstić information content (AvgIpc) is 3.19. The summed E-state index contributed by atoms with van der Waals surface area (Å²) in [5.74, 6) is 0.543. The van der Waals surface area contributed by atoms with E-state index in [4.69, 9.17) is 25.5 Å². The van der Waals surface area contributed by atoms with Gasteiger partial charge < -0.3 is 13.9 Å². The Balaban J connectivity index is 1.91. The summed E-state index contributed by atoms with van der Waals surface area (Å²) >= 11 is 8.49. The Bertz CT molecular complexity index is 824. The summed E-state index contributed by atoms with van der Waals surface area (Å²) in [6.45, 7) is 19.5. The summed E-state index contributed by atoms with van der Waals surface area (Å²) in [7, 11) is -1.98. The number of allylic oxidation sites excluding steroid dienone is 1. The zero-order valence-electron chi connectivity index (χ0n) is 23.3. The summed E-state index contributed by atoms with van der Waals surface area (Å²) in [4.78, 5) is 4.56. The van der Waals surface area contributed by atoms with Gasteiger partial charge >= 0.3 is 0 Å². The van der Waals surface area contributed by atoms with Gasteiger partial charge in [-0.2, -0.15) is 0 Å². The lowest BCUT2D eigenvalue weighted by Gasteiger charge is -2.39. The Labute approximate surface area is 224 Å². The maximum Gasteiger partial charge on any atom is 0.192 e. The van der Waals surface area contributed by atoms with Crippen LogP contribution in [0.5, 0.6) is 0 Å². The fraction of sp³-hybridized carbons (Fsp3) is 0.750. The van der Waals surface area contributed by atoms with Crippen LogP contribution in [0.3, 0.4) is 0 Å². The molecule has 2 rings (SSSR count). The molecule has 0 saturated carbocycles. The number of rotatable bonds is 13. The molecule has 1 unspecified atom stereocenters. The highest BCUT2D eigenvalue weighted by molar-refractivity contribution is 7.09. The number of nitrogens with zero attached hydrogens (tertiary/aromatic N) is 1. The molecule has 200 valence electrons. The number of hydrogen-bond donors (Lipinski definition) is 0. The van der Waals surface area contributed by atoms with Crippen molar-refractivity contribution in [2.75, 3.05) is 13.2 Å². The van der Waals surface area contributed by atoms with Crippen LogP contribution in [0.1, 0.15) is 90.3 Å². The summed E-state index contributed by atoms with van der Waals surface area (Å²) < 4.78 is 18.4. The van der Waals surface area contributed by atoms with Gasteiger partial charge in [-0.3, -0.25) is 0 Å². The van der Waals surface area contributed by atoms with Gasteiger partial charge in [0.25, 0.3) is 0 Å². The van der Waals surface area contributed by atoms with E-state index >= 15 is 0 Å². The Morgan fingerprint density at radius 1 is 1.34 bits per heavy atom. The van der Waals surface area contributed by atoms with Crippen LogP contribution < -0.4 is 0 Å². The SMILES string of the molecule is CC(=CC[C@H](O[Si](C)(C)C(C)(C)C)C(Cl)=Cc1csc(C)n1)CCC[C@H](C)COC1CCCCO1. The third kappa shape index (κ3) is 11.2. The minimum absolute atomic E-state index is 0.0108. The van der Waals surface area contributed by atoms with E-state index in [1.165, 1.54) is 12.0 Å². The van der Waals surface area contributed by atoms with E-state index in [1.807, 2.05) is 18.4 Å². The topological polar surface area (TPSA) is 40.6 Å². The Kier molecular flexibility index (Phi) is 12.7. The van der Waals surface area contributed by atoms with E-state index in [1.54, 1.807) is 11.3 Å². The molecule has 1 aliphatic rings. The number of hydrogen-bond acceptors (Lipinski definition) is 5. The molecule has 0 spiro atoms. The molecule has 0 bridgehead atoms. The Morgan fingerprint density at radius 3 is 2.69 bits per heavy atom. The predicted octanol–water partition coefficient (Wildman–Crippen LogP) is 9.11. The lowest BCUT2D eigenvalue weighted by Crippen LogP contribution is -2.44. The summed E-state index contributed by atoms with van der Waals surface area (Å²) in [5, 5.41) is 3.95. The molecule has 1 fully saturated rings. The maximum atomic E-state index is 6.84. The standard InChI is InChI=1S/C28H48ClNO3SSi/c1-21(12-11-13-22(2)19-32-27-14-9-10-17-31-27)15-16-26(33-35(7,8)28(4,5)6)25(29)18-24-20-34-23(3)30-24/h15,18,20,22,26-27H,9-14,16-17,19H2,1-8H3/t22-,26-,27?/m0/s1. The molecule has 3 atom stereocenters. The molecule has 0 aromatic carbocycles. The van der Waals surface area contributed by atoms with Gasteiger partial charge in [-0.1, -0.05) is 50.9 Å². The van der Waals surface area contributed by atoms with Crippen LogP contribution in [-0.2, 0) is 13.9 Å². The fourth-order valence-electron chi connectivity index (χ4n) is 3.77. The number of ether oxygens (including phenoxy) is 2. The lowest BCUT2D eigenvalue weighted by molar-refractivity contribution is -0.168. The first-order valence-electron chi connectivity index (χ1n) is 13.2. The van der Waals surface area contributed by atoms with Crippen LogP contribution in [-0.4, -0.2) is 38.9 Å². The molecule has 1 saturated heterocycles. The lowest BCUT2D eigenvalue weighted by atomic mass is 10.0. The predicted molar refractivity (Wildman–Crippen MR) is 154 cm³/mol. The monoisotopic (exact) mass is 541 g/mol. The maximum absolute atomic E-state index is 6.84. The molecule has 0 amide bonds. The van der Waals surface area contributed by atoms with Crippen molar-refractivity contribution in [1.82, 2.24) is 4.98 Å². The number of halogens is 1. The highest BCUT2D eigenvalue weighted by atomic mass is 35.5. The van der Waals surface area contributed by atoms with Crippen molar-refractivity contribution in [1.29, 1.82) is 0 Å². The van der Waals surface area contributed by atoms with Gasteiger partial charge in [-0.25, -0.2) is 4.98 Å². The molecule has 1 aromatic rings. The van der Waals surface area contributed by atoms with Crippen LogP contribution in [0.15, 0.2) is 22.1 Å². The Morgan fingerprint density at radius 2 is 2.09 bits per heavy atom. The molecule has 35 heavy (non-hydrogen) atoms. The van der Waals surface area contributed by atoms with Crippen molar-refractivity contribution >= 4 is 37.3 Å². The first-order chi connectivity index (χ1) is 16.4. The highest BCUT2D eigenvalue weighted by Crippen LogP contribution is 2.39. The van der Waals surface area contributed by atoms with Gasteiger partial charge in [0.05, 0.1) is 23.4 Å². The number of thiazole rings is 1. The normalized spacial score (nSPS) is 20.2. The van der Waals surface area contributed by atoms with Gasteiger partial charge in [-0.15, -0.1) is 11.3 Å². The number of aryl methyl sites for hydroxylation is 1. The van der Waals surface area contributed by atoms with Crippen molar-refractivity contribution in [3.05, 3.63) is 32.8 Å². The third-order valence-corrected chi connectivity index (χ3v) is 12.8. The summed E-state index contributed by atoms with van der Waals surface area (Å²) in [6, 6.07) is 0.